The predicted octanol–water partition coefficient (Wildman–Crippen LogP) is -0.990. The maximum Gasteiger partial charge on any atom is 0.0601 e. The maximum absolute atomic E-state index is 8.79. The van der Waals surface area contributed by atoms with Crippen LogP contribution in [0.1, 0.15) is 6.42 Å². The Morgan fingerprint density at radius 2 is 2.44 bits per heavy atom. The van der Waals surface area contributed by atoms with Crippen LogP contribution < -0.4 is 5.73 Å². The fraction of sp³-hybridized carbons (Fsp3) is 1.00. The molecule has 1 aliphatic heterocycles. The second-order valence-corrected chi connectivity index (χ2v) is 2.68. The summed E-state index contributed by atoms with van der Waals surface area (Å²) in [6, 6.07) is 0.380. The van der Waals surface area contributed by atoms with Crippen LogP contribution in [-0.2, 0) is 0 Å². The zero-order valence-corrected chi connectivity index (χ0v) is 5.75. The molecule has 3 N–H and O–H groups in total. The first-order valence-electron chi connectivity index (χ1n) is 3.32. The molecule has 0 saturated carbocycles. The van der Waals surface area contributed by atoms with Crippen molar-refractivity contribution in [2.45, 2.75) is 18.5 Å². The average Bonchev–Trinajstić information content (AvgIpc) is 2.12. The van der Waals surface area contributed by atoms with Crippen molar-refractivity contribution in [3.05, 3.63) is 0 Å². The monoisotopic (exact) mass is 130 g/mol. The second-order valence-electron chi connectivity index (χ2n) is 2.68. The van der Waals surface area contributed by atoms with Crippen LogP contribution in [0.15, 0.2) is 0 Å². The smallest absolute Gasteiger partial charge is 0.0601 e. The molecule has 0 aromatic heterocycles. The first-order valence-corrected chi connectivity index (χ1v) is 3.32. The van der Waals surface area contributed by atoms with Gasteiger partial charge in [0.05, 0.1) is 6.61 Å². The van der Waals surface area contributed by atoms with Gasteiger partial charge in [-0.3, -0.25) is 4.90 Å². The lowest BCUT2D eigenvalue weighted by Crippen LogP contribution is -2.40. The summed E-state index contributed by atoms with van der Waals surface area (Å²) in [7, 11) is 1.99. The van der Waals surface area contributed by atoms with Crippen LogP contribution in [0.4, 0.5) is 0 Å². The minimum absolute atomic E-state index is 0.181. The largest absolute Gasteiger partial charge is 0.395 e. The molecule has 9 heavy (non-hydrogen) atoms. The van der Waals surface area contributed by atoms with Crippen molar-refractivity contribution >= 4 is 0 Å². The quantitative estimate of drug-likeness (QED) is 0.479. The van der Waals surface area contributed by atoms with Crippen LogP contribution >= 0.6 is 0 Å². The summed E-state index contributed by atoms with van der Waals surface area (Å²) in [6.45, 7) is 1.21. The topological polar surface area (TPSA) is 49.5 Å². The van der Waals surface area contributed by atoms with Gasteiger partial charge < -0.3 is 10.8 Å². The van der Waals surface area contributed by atoms with Crippen molar-refractivity contribution < 1.29 is 5.11 Å². The van der Waals surface area contributed by atoms with Gasteiger partial charge in [0.25, 0.3) is 0 Å². The molecule has 3 nitrogen and oxygen atoms in total. The van der Waals surface area contributed by atoms with E-state index >= 15 is 0 Å². The van der Waals surface area contributed by atoms with E-state index in [9.17, 15) is 0 Å². The molecule has 0 aliphatic carbocycles. The van der Waals surface area contributed by atoms with Gasteiger partial charge in [-0.15, -0.1) is 0 Å². The standard InChI is InChI=1S/C6H14N2O/c1-8-3-2-5(7)6(8)4-9/h5-6,9H,2-4,7H2,1H3/t5?,6-/m1/s1. The highest BCUT2D eigenvalue weighted by Crippen LogP contribution is 2.12. The Hall–Kier alpha value is -0.120. The molecule has 1 unspecified atom stereocenters. The van der Waals surface area contributed by atoms with E-state index in [0.717, 1.165) is 13.0 Å². The van der Waals surface area contributed by atoms with Gasteiger partial charge >= 0.3 is 0 Å². The summed E-state index contributed by atoms with van der Waals surface area (Å²) in [5, 5.41) is 8.79. The van der Waals surface area contributed by atoms with Crippen molar-refractivity contribution in [2.24, 2.45) is 5.73 Å². The first-order chi connectivity index (χ1) is 4.25. The van der Waals surface area contributed by atoms with Crippen LogP contribution in [0.5, 0.6) is 0 Å². The van der Waals surface area contributed by atoms with E-state index in [1.54, 1.807) is 0 Å². The van der Waals surface area contributed by atoms with Gasteiger partial charge in [-0.2, -0.15) is 0 Å². The Balaban J connectivity index is 2.44. The molecule has 3 heteroatoms. The lowest BCUT2D eigenvalue weighted by atomic mass is 10.1. The van der Waals surface area contributed by atoms with Crippen LogP contribution in [0.2, 0.25) is 0 Å². The molecular weight excluding hydrogens is 116 g/mol. The SMILES string of the molecule is CN1CCC(N)[C@H]1CO. The first kappa shape index (κ1) is 6.99. The number of rotatable bonds is 1. The molecule has 1 saturated heterocycles. The number of nitrogens with two attached hydrogens (primary N) is 1. The second kappa shape index (κ2) is 2.64. The number of likely N-dealkylation sites (N-methyl/N-ethyl adjacent to an activating group) is 1. The summed E-state index contributed by atoms with van der Waals surface area (Å²) in [4.78, 5) is 2.10. The van der Waals surface area contributed by atoms with Gasteiger partial charge in [0, 0.05) is 12.1 Å². The molecule has 1 aliphatic rings. The summed E-state index contributed by atoms with van der Waals surface area (Å²) < 4.78 is 0. The van der Waals surface area contributed by atoms with E-state index in [1.807, 2.05) is 7.05 Å². The van der Waals surface area contributed by atoms with Gasteiger partial charge in [-0.25, -0.2) is 0 Å². The number of aliphatic hydroxyl groups excluding tert-OH is 1. The Morgan fingerprint density at radius 1 is 1.78 bits per heavy atom. The Bertz CT molecular complexity index is 87.1. The molecule has 54 valence electrons. The predicted molar refractivity (Wildman–Crippen MR) is 36.1 cm³/mol. The zero-order valence-electron chi connectivity index (χ0n) is 5.75. The number of aliphatic hydroxyl groups is 1. The molecule has 0 amide bonds. The Labute approximate surface area is 55.5 Å². The molecule has 1 fully saturated rings. The maximum atomic E-state index is 8.79. The molecule has 1 heterocycles. The van der Waals surface area contributed by atoms with Crippen molar-refractivity contribution in [1.29, 1.82) is 0 Å². The molecule has 0 radical (unpaired) electrons. The van der Waals surface area contributed by atoms with E-state index in [0.29, 0.717) is 0 Å². The summed E-state index contributed by atoms with van der Waals surface area (Å²) >= 11 is 0. The van der Waals surface area contributed by atoms with Gasteiger partial charge in [-0.05, 0) is 20.0 Å². The van der Waals surface area contributed by atoms with Crippen molar-refractivity contribution in [1.82, 2.24) is 4.90 Å². The number of hydrogen-bond acceptors (Lipinski definition) is 3. The molecular formula is C6H14N2O. The Kier molecular flexibility index (Phi) is 2.05. The van der Waals surface area contributed by atoms with E-state index in [4.69, 9.17) is 10.8 Å². The molecule has 0 bridgehead atoms. The van der Waals surface area contributed by atoms with E-state index in [-0.39, 0.29) is 18.7 Å². The van der Waals surface area contributed by atoms with E-state index in [2.05, 4.69) is 4.90 Å². The highest BCUT2D eigenvalue weighted by molar-refractivity contribution is 4.86. The van der Waals surface area contributed by atoms with Crippen molar-refractivity contribution in [2.75, 3.05) is 20.2 Å². The lowest BCUT2D eigenvalue weighted by molar-refractivity contribution is 0.173. The minimum Gasteiger partial charge on any atom is -0.395 e. The van der Waals surface area contributed by atoms with Crippen LogP contribution in [0, 0.1) is 0 Å². The fourth-order valence-corrected chi connectivity index (χ4v) is 1.31. The van der Waals surface area contributed by atoms with Gasteiger partial charge in [0.2, 0.25) is 0 Å². The zero-order chi connectivity index (χ0) is 6.85. The summed E-state index contributed by atoms with van der Waals surface area (Å²) in [6.07, 6.45) is 1.02. The molecule has 2 atom stereocenters. The van der Waals surface area contributed by atoms with Crippen molar-refractivity contribution in [3.63, 3.8) is 0 Å². The molecule has 0 aromatic rings. The third-order valence-corrected chi connectivity index (χ3v) is 2.06. The van der Waals surface area contributed by atoms with Crippen LogP contribution in [0.25, 0.3) is 0 Å². The third-order valence-electron chi connectivity index (χ3n) is 2.06. The highest BCUT2D eigenvalue weighted by Gasteiger charge is 2.27. The molecule has 0 aromatic carbocycles. The van der Waals surface area contributed by atoms with Gasteiger partial charge in [0.15, 0.2) is 0 Å². The average molecular weight is 130 g/mol. The lowest BCUT2D eigenvalue weighted by Gasteiger charge is -2.19. The minimum atomic E-state index is 0.181. The summed E-state index contributed by atoms with van der Waals surface area (Å²) in [5.41, 5.74) is 5.68. The van der Waals surface area contributed by atoms with E-state index in [1.165, 1.54) is 0 Å². The van der Waals surface area contributed by atoms with Gasteiger partial charge in [-0.1, -0.05) is 0 Å². The van der Waals surface area contributed by atoms with E-state index < -0.39 is 0 Å². The number of likely N-dealkylation sites (tertiary alicyclic amines) is 1. The summed E-state index contributed by atoms with van der Waals surface area (Å²) in [5.74, 6) is 0. The number of nitrogens with zero attached hydrogens (tertiary/aromatic N) is 1. The van der Waals surface area contributed by atoms with Crippen LogP contribution in [-0.4, -0.2) is 42.3 Å². The molecule has 1 rings (SSSR count). The van der Waals surface area contributed by atoms with Crippen molar-refractivity contribution in [3.8, 4) is 0 Å². The number of hydrogen-bond donors (Lipinski definition) is 2. The Morgan fingerprint density at radius 3 is 2.67 bits per heavy atom. The fourth-order valence-electron chi connectivity index (χ4n) is 1.31. The van der Waals surface area contributed by atoms with Crippen LogP contribution in [0.3, 0.4) is 0 Å². The normalized spacial score (nSPS) is 37.7. The molecule has 0 spiro atoms. The van der Waals surface area contributed by atoms with Gasteiger partial charge in [0.1, 0.15) is 0 Å². The third kappa shape index (κ3) is 1.23. The highest BCUT2D eigenvalue weighted by atomic mass is 16.3.